The lowest BCUT2D eigenvalue weighted by atomic mass is 9.95. The van der Waals surface area contributed by atoms with E-state index in [2.05, 4.69) is 27.6 Å². The van der Waals surface area contributed by atoms with Crippen LogP contribution in [0.15, 0.2) is 65.1 Å². The fourth-order valence-corrected chi connectivity index (χ4v) is 8.12. The number of halogens is 4. The SMILES string of the molecule is CCCC(I)[S+]([O-])N1Cc2cc(C(=O)NCC(F)(F)F)nc(-c3cccc(-c4cc5ccccc5o4)c3)c2[C@H]1CCO. The third kappa shape index (κ3) is 6.62. The quantitative estimate of drug-likeness (QED) is 0.105. The lowest BCUT2D eigenvalue weighted by molar-refractivity contribution is -0.123. The van der Waals surface area contributed by atoms with Crippen LogP contribution >= 0.6 is 22.6 Å². The lowest BCUT2D eigenvalue weighted by Crippen LogP contribution is -2.35. The molecule has 2 aromatic heterocycles. The van der Waals surface area contributed by atoms with Gasteiger partial charge in [-0.3, -0.25) is 4.79 Å². The van der Waals surface area contributed by atoms with Gasteiger partial charge in [0.05, 0.1) is 29.6 Å². The molecule has 222 valence electrons. The number of benzene rings is 2. The number of nitrogens with one attached hydrogen (secondary N) is 1. The van der Waals surface area contributed by atoms with Crippen LogP contribution in [0.2, 0.25) is 0 Å². The zero-order valence-corrected chi connectivity index (χ0v) is 25.6. The second kappa shape index (κ2) is 12.9. The minimum absolute atomic E-state index is 0.169. The third-order valence-corrected chi connectivity index (χ3v) is 10.5. The van der Waals surface area contributed by atoms with E-state index >= 15 is 0 Å². The molecule has 42 heavy (non-hydrogen) atoms. The van der Waals surface area contributed by atoms with E-state index in [1.165, 1.54) is 6.07 Å². The van der Waals surface area contributed by atoms with Crippen molar-refractivity contribution in [3.63, 3.8) is 0 Å². The molecular weight excluding hydrogens is 682 g/mol. The summed E-state index contributed by atoms with van der Waals surface area (Å²) >= 11 is 0.745. The minimum atomic E-state index is -4.58. The Morgan fingerprint density at radius 3 is 2.69 bits per heavy atom. The first kappa shape index (κ1) is 30.8. The number of hydrogen-bond donors (Lipinski definition) is 2. The molecule has 0 saturated carbocycles. The number of pyridine rings is 1. The van der Waals surface area contributed by atoms with Crippen LogP contribution in [-0.4, -0.2) is 47.4 Å². The average Bonchev–Trinajstić information content (AvgIpc) is 3.57. The number of alkyl halides is 4. The highest BCUT2D eigenvalue weighted by molar-refractivity contribution is 14.1. The van der Waals surface area contributed by atoms with Gasteiger partial charge in [-0.25, -0.2) is 4.98 Å². The minimum Gasteiger partial charge on any atom is -0.597 e. The molecule has 0 saturated heterocycles. The maximum atomic E-state index is 13.6. The molecular formula is C30H29F3IN3O4S. The van der Waals surface area contributed by atoms with Crippen molar-refractivity contribution in [3.8, 4) is 22.6 Å². The molecule has 0 bridgehead atoms. The van der Waals surface area contributed by atoms with E-state index in [1.807, 2.05) is 60.8 Å². The molecule has 3 atom stereocenters. The second-order valence-electron chi connectivity index (χ2n) is 10.0. The summed E-state index contributed by atoms with van der Waals surface area (Å²) in [6.07, 6.45) is -2.74. The van der Waals surface area contributed by atoms with Crippen LogP contribution in [0.3, 0.4) is 0 Å². The Kier molecular flexibility index (Phi) is 9.47. The molecule has 1 amide bonds. The van der Waals surface area contributed by atoms with E-state index in [0.29, 0.717) is 28.1 Å². The van der Waals surface area contributed by atoms with Crippen molar-refractivity contribution in [3.05, 3.63) is 77.5 Å². The summed E-state index contributed by atoms with van der Waals surface area (Å²) in [5, 5.41) is 12.8. The van der Waals surface area contributed by atoms with Gasteiger partial charge in [-0.15, -0.1) is 4.31 Å². The predicted octanol–water partition coefficient (Wildman–Crippen LogP) is 6.92. The normalized spacial score (nSPS) is 16.9. The van der Waals surface area contributed by atoms with Gasteiger partial charge in [0.1, 0.15) is 23.6 Å². The Morgan fingerprint density at radius 1 is 1.21 bits per heavy atom. The van der Waals surface area contributed by atoms with Crippen molar-refractivity contribution in [2.24, 2.45) is 0 Å². The van der Waals surface area contributed by atoms with E-state index in [4.69, 9.17) is 4.42 Å². The van der Waals surface area contributed by atoms with Gasteiger partial charge in [0.15, 0.2) is 3.26 Å². The molecule has 2 aromatic carbocycles. The molecule has 2 N–H and O–H groups in total. The van der Waals surface area contributed by atoms with Crippen LogP contribution in [-0.2, 0) is 17.9 Å². The summed E-state index contributed by atoms with van der Waals surface area (Å²) in [5.74, 6) is -0.337. The molecule has 5 rings (SSSR count). The number of carbonyl (C=O) groups is 1. The molecule has 7 nitrogen and oxygen atoms in total. The smallest absolute Gasteiger partial charge is 0.405 e. The van der Waals surface area contributed by atoms with Crippen LogP contribution < -0.4 is 5.32 Å². The highest BCUT2D eigenvalue weighted by atomic mass is 127. The number of fused-ring (bicyclic) bond motifs is 2. The summed E-state index contributed by atoms with van der Waals surface area (Å²) in [5.41, 5.74) is 3.65. The Balaban J connectivity index is 1.61. The van der Waals surface area contributed by atoms with Gasteiger partial charge in [0, 0.05) is 35.1 Å². The van der Waals surface area contributed by atoms with Gasteiger partial charge in [-0.1, -0.05) is 49.7 Å². The summed E-state index contributed by atoms with van der Waals surface area (Å²) < 4.78 is 59.9. The number of para-hydroxylation sites is 1. The van der Waals surface area contributed by atoms with E-state index in [9.17, 15) is 27.6 Å². The first-order valence-corrected chi connectivity index (χ1v) is 15.9. The van der Waals surface area contributed by atoms with Gasteiger partial charge >= 0.3 is 6.18 Å². The zero-order valence-electron chi connectivity index (χ0n) is 22.7. The standard InChI is InChI=1S/C30H29F3IN3O4S/c1-2-6-26(34)42(40)37-16-21-14-22(29(39)35-17-30(31,32)33)36-28(27(21)23(37)11-12-38)20-9-5-8-18(13-20)25-15-19-7-3-4-10-24(19)41-25/h3-5,7-10,13-15,23,26,38H,2,6,11-12,16-17H2,1H3,(H,35,39)/t23-,26?,42?/m1/s1. The second-order valence-corrected chi connectivity index (χ2v) is 14.0. The number of aliphatic hydroxyl groups excluding tert-OH is 1. The lowest BCUT2D eigenvalue weighted by Gasteiger charge is -2.29. The van der Waals surface area contributed by atoms with Crippen molar-refractivity contribution < 1.29 is 32.0 Å². The molecule has 0 radical (unpaired) electrons. The number of amides is 1. The monoisotopic (exact) mass is 711 g/mol. The average molecular weight is 712 g/mol. The number of nitrogens with zero attached hydrogens (tertiary/aromatic N) is 2. The van der Waals surface area contributed by atoms with Crippen molar-refractivity contribution in [2.75, 3.05) is 13.2 Å². The van der Waals surface area contributed by atoms with Gasteiger partial charge in [0.25, 0.3) is 5.91 Å². The Bertz CT molecular complexity index is 1550. The fraction of sp³-hybridized carbons (Fsp3) is 0.333. The van der Waals surface area contributed by atoms with E-state index in [0.717, 1.165) is 29.4 Å². The van der Waals surface area contributed by atoms with Crippen molar-refractivity contribution >= 4 is 50.8 Å². The Hall–Kier alpha value is -2.65. The van der Waals surface area contributed by atoms with Gasteiger partial charge < -0.3 is 19.4 Å². The van der Waals surface area contributed by atoms with Crippen LogP contribution in [0.4, 0.5) is 13.2 Å². The van der Waals surface area contributed by atoms with Crippen LogP contribution in [0.25, 0.3) is 33.6 Å². The van der Waals surface area contributed by atoms with Crippen LogP contribution in [0.1, 0.15) is 53.8 Å². The van der Waals surface area contributed by atoms with Crippen LogP contribution in [0, 0.1) is 0 Å². The maximum absolute atomic E-state index is 13.6. The summed E-state index contributed by atoms with van der Waals surface area (Å²) in [6, 6.07) is 17.9. The fourth-order valence-electron chi connectivity index (χ4n) is 5.16. The number of furan rings is 1. The summed E-state index contributed by atoms with van der Waals surface area (Å²) in [6.45, 7) is 0.548. The van der Waals surface area contributed by atoms with Gasteiger partial charge in [-0.05, 0) is 58.8 Å². The molecule has 2 unspecified atom stereocenters. The number of rotatable bonds is 10. The first-order chi connectivity index (χ1) is 20.1. The van der Waals surface area contributed by atoms with Crippen molar-refractivity contribution in [1.82, 2.24) is 14.6 Å². The molecule has 12 heteroatoms. The molecule has 1 aliphatic heterocycles. The van der Waals surface area contributed by atoms with Crippen molar-refractivity contribution in [2.45, 2.75) is 48.2 Å². The topological polar surface area (TPSA) is 102 Å². The van der Waals surface area contributed by atoms with Gasteiger partial charge in [0.2, 0.25) is 0 Å². The molecule has 0 fully saturated rings. The first-order valence-electron chi connectivity index (χ1n) is 13.5. The molecule has 0 spiro atoms. The Morgan fingerprint density at radius 2 is 1.98 bits per heavy atom. The van der Waals surface area contributed by atoms with Gasteiger partial charge in [-0.2, -0.15) is 13.2 Å². The highest BCUT2D eigenvalue weighted by Gasteiger charge is 2.43. The van der Waals surface area contributed by atoms with Crippen LogP contribution in [0.5, 0.6) is 0 Å². The highest BCUT2D eigenvalue weighted by Crippen LogP contribution is 2.45. The zero-order chi connectivity index (χ0) is 30.0. The number of aliphatic hydroxyl groups is 1. The number of aromatic nitrogens is 1. The Labute approximate surface area is 258 Å². The molecule has 4 aromatic rings. The van der Waals surface area contributed by atoms with E-state index in [1.54, 1.807) is 10.4 Å². The summed E-state index contributed by atoms with van der Waals surface area (Å²) in [4.78, 5) is 17.5. The number of hydrogen-bond acceptors (Lipinski definition) is 6. The predicted molar refractivity (Wildman–Crippen MR) is 164 cm³/mol. The summed E-state index contributed by atoms with van der Waals surface area (Å²) in [7, 11) is 0. The van der Waals surface area contributed by atoms with E-state index < -0.39 is 36.0 Å². The molecule has 0 aliphatic carbocycles. The van der Waals surface area contributed by atoms with E-state index in [-0.39, 0.29) is 28.5 Å². The largest absolute Gasteiger partial charge is 0.597 e. The third-order valence-electron chi connectivity index (χ3n) is 7.05. The maximum Gasteiger partial charge on any atom is 0.405 e. The number of carbonyl (C=O) groups excluding carboxylic acids is 1. The molecule has 3 heterocycles. The molecule has 1 aliphatic rings. The van der Waals surface area contributed by atoms with Crippen molar-refractivity contribution in [1.29, 1.82) is 0 Å².